The van der Waals surface area contributed by atoms with Gasteiger partial charge in [0.25, 0.3) is 5.91 Å². The van der Waals surface area contributed by atoms with E-state index in [1.54, 1.807) is 17.0 Å². The fourth-order valence-corrected chi connectivity index (χ4v) is 4.56. The van der Waals surface area contributed by atoms with E-state index in [4.69, 9.17) is 18.9 Å². The lowest BCUT2D eigenvalue weighted by Crippen LogP contribution is -2.52. The Morgan fingerprint density at radius 1 is 1.00 bits per heavy atom. The van der Waals surface area contributed by atoms with Gasteiger partial charge in [-0.25, -0.2) is 0 Å². The standard InChI is InChI=1S/C25H29NO6/c1-15-6-7-18-19(27)14-25(32-22(18)16(15)2)8-10-26(11-9-25)24(28)17-12-20(29-3)23(31-5)21(13-17)30-4/h6-7,12-13H,8-11,14H2,1-5H3. The van der Waals surface area contributed by atoms with E-state index in [0.717, 1.165) is 11.1 Å². The molecule has 2 aromatic rings. The summed E-state index contributed by atoms with van der Waals surface area (Å²) >= 11 is 0. The second kappa shape index (κ2) is 8.37. The Balaban J connectivity index is 1.54. The molecule has 32 heavy (non-hydrogen) atoms. The quantitative estimate of drug-likeness (QED) is 0.718. The summed E-state index contributed by atoms with van der Waals surface area (Å²) in [5, 5.41) is 0. The van der Waals surface area contributed by atoms with Crippen LogP contribution in [0, 0.1) is 13.8 Å². The number of aryl methyl sites for hydroxylation is 1. The highest BCUT2D eigenvalue weighted by molar-refractivity contribution is 6.01. The normalized spacial score (nSPS) is 16.9. The Kier molecular flexibility index (Phi) is 5.75. The molecule has 1 saturated heterocycles. The van der Waals surface area contributed by atoms with Crippen LogP contribution in [0.4, 0.5) is 0 Å². The summed E-state index contributed by atoms with van der Waals surface area (Å²) in [6.07, 6.45) is 1.54. The number of fused-ring (bicyclic) bond motifs is 1. The van der Waals surface area contributed by atoms with Gasteiger partial charge in [-0.3, -0.25) is 9.59 Å². The van der Waals surface area contributed by atoms with E-state index >= 15 is 0 Å². The second-order valence-electron chi connectivity index (χ2n) is 8.48. The Morgan fingerprint density at radius 2 is 1.62 bits per heavy atom. The maximum Gasteiger partial charge on any atom is 0.254 e. The van der Waals surface area contributed by atoms with Gasteiger partial charge in [0.1, 0.15) is 11.4 Å². The predicted molar refractivity (Wildman–Crippen MR) is 119 cm³/mol. The van der Waals surface area contributed by atoms with Crippen molar-refractivity contribution in [2.75, 3.05) is 34.4 Å². The fourth-order valence-electron chi connectivity index (χ4n) is 4.56. The minimum Gasteiger partial charge on any atom is -0.493 e. The summed E-state index contributed by atoms with van der Waals surface area (Å²) in [5.41, 5.74) is 2.67. The first kappa shape index (κ1) is 22.0. The molecule has 0 N–H and O–H groups in total. The molecule has 2 heterocycles. The van der Waals surface area contributed by atoms with E-state index in [-0.39, 0.29) is 11.7 Å². The molecule has 0 aliphatic carbocycles. The lowest BCUT2D eigenvalue weighted by molar-refractivity contribution is -0.00622. The maximum absolute atomic E-state index is 13.2. The average Bonchev–Trinajstić information content (AvgIpc) is 2.80. The number of methoxy groups -OCH3 is 3. The van der Waals surface area contributed by atoms with Crippen molar-refractivity contribution < 1.29 is 28.5 Å². The molecule has 1 fully saturated rings. The van der Waals surface area contributed by atoms with Crippen molar-refractivity contribution >= 4 is 11.7 Å². The number of carbonyl (C=O) groups is 2. The largest absolute Gasteiger partial charge is 0.493 e. The molecular weight excluding hydrogens is 410 g/mol. The number of hydrogen-bond donors (Lipinski definition) is 0. The smallest absolute Gasteiger partial charge is 0.254 e. The Morgan fingerprint density at radius 3 is 2.19 bits per heavy atom. The molecule has 0 aromatic heterocycles. The summed E-state index contributed by atoms with van der Waals surface area (Å²) in [6.45, 7) is 5.01. The Labute approximate surface area is 188 Å². The van der Waals surface area contributed by atoms with Gasteiger partial charge in [-0.05, 0) is 43.2 Å². The first-order valence-electron chi connectivity index (χ1n) is 10.7. The average molecular weight is 440 g/mol. The second-order valence-corrected chi connectivity index (χ2v) is 8.48. The number of rotatable bonds is 4. The SMILES string of the molecule is COc1cc(C(=O)N2CCC3(CC2)CC(=O)c2ccc(C)c(C)c2O3)cc(OC)c1OC. The summed E-state index contributed by atoms with van der Waals surface area (Å²) < 4.78 is 22.6. The molecule has 0 radical (unpaired) electrons. The summed E-state index contributed by atoms with van der Waals surface area (Å²) in [5.74, 6) is 2.01. The molecule has 0 atom stereocenters. The van der Waals surface area contributed by atoms with Crippen LogP contribution >= 0.6 is 0 Å². The minimum absolute atomic E-state index is 0.110. The van der Waals surface area contributed by atoms with E-state index < -0.39 is 5.60 Å². The molecule has 7 nitrogen and oxygen atoms in total. The number of amides is 1. The van der Waals surface area contributed by atoms with Gasteiger partial charge < -0.3 is 23.8 Å². The van der Waals surface area contributed by atoms with Crippen molar-refractivity contribution in [2.45, 2.75) is 38.7 Å². The predicted octanol–water partition coefficient (Wildman–Crippen LogP) is 3.97. The van der Waals surface area contributed by atoms with E-state index in [0.29, 0.717) is 66.5 Å². The van der Waals surface area contributed by atoms with E-state index in [9.17, 15) is 9.59 Å². The molecule has 7 heteroatoms. The van der Waals surface area contributed by atoms with Crippen molar-refractivity contribution in [1.82, 2.24) is 4.90 Å². The van der Waals surface area contributed by atoms with Crippen LogP contribution in [0.5, 0.6) is 23.0 Å². The number of Topliss-reactive ketones (excluding diaryl/α,β-unsaturated/α-hetero) is 1. The van der Waals surface area contributed by atoms with Crippen molar-refractivity contribution in [1.29, 1.82) is 0 Å². The Hall–Kier alpha value is -3.22. The first-order chi connectivity index (χ1) is 15.3. The number of ether oxygens (including phenoxy) is 4. The molecule has 0 unspecified atom stereocenters. The van der Waals surface area contributed by atoms with Gasteiger partial charge in [-0.15, -0.1) is 0 Å². The molecule has 1 spiro atoms. The molecule has 2 aromatic carbocycles. The van der Waals surface area contributed by atoms with Crippen LogP contribution in [0.15, 0.2) is 24.3 Å². The molecule has 1 amide bonds. The summed E-state index contributed by atoms with van der Waals surface area (Å²) in [4.78, 5) is 27.9. The number of likely N-dealkylation sites (tertiary alicyclic amines) is 1. The lowest BCUT2D eigenvalue weighted by atomic mass is 9.81. The van der Waals surface area contributed by atoms with Crippen LogP contribution < -0.4 is 18.9 Å². The van der Waals surface area contributed by atoms with Crippen LogP contribution in [0.1, 0.15) is 51.1 Å². The lowest BCUT2D eigenvalue weighted by Gasteiger charge is -2.44. The van der Waals surface area contributed by atoms with Crippen molar-refractivity contribution in [3.63, 3.8) is 0 Å². The number of benzene rings is 2. The highest BCUT2D eigenvalue weighted by Gasteiger charge is 2.44. The Bertz CT molecular complexity index is 1040. The number of ketones is 1. The van der Waals surface area contributed by atoms with E-state index in [1.165, 1.54) is 21.3 Å². The number of carbonyl (C=O) groups excluding carboxylic acids is 2. The van der Waals surface area contributed by atoms with Crippen LogP contribution in [0.2, 0.25) is 0 Å². The highest BCUT2D eigenvalue weighted by Crippen LogP contribution is 2.42. The zero-order chi connectivity index (χ0) is 23.0. The molecule has 2 aliphatic rings. The van der Waals surface area contributed by atoms with Gasteiger partial charge in [-0.2, -0.15) is 0 Å². The number of piperidine rings is 1. The fraction of sp³-hybridized carbons (Fsp3) is 0.440. The van der Waals surface area contributed by atoms with Gasteiger partial charge in [0.15, 0.2) is 17.3 Å². The van der Waals surface area contributed by atoms with Gasteiger partial charge in [0, 0.05) is 31.5 Å². The van der Waals surface area contributed by atoms with Gasteiger partial charge >= 0.3 is 0 Å². The third-order valence-electron chi connectivity index (χ3n) is 6.65. The van der Waals surface area contributed by atoms with Gasteiger partial charge in [-0.1, -0.05) is 6.07 Å². The third-order valence-corrected chi connectivity index (χ3v) is 6.65. The monoisotopic (exact) mass is 439 g/mol. The van der Waals surface area contributed by atoms with Crippen LogP contribution in [-0.2, 0) is 0 Å². The van der Waals surface area contributed by atoms with E-state index in [1.807, 2.05) is 26.0 Å². The molecule has 4 rings (SSSR count). The zero-order valence-corrected chi connectivity index (χ0v) is 19.2. The highest BCUT2D eigenvalue weighted by atomic mass is 16.5. The third kappa shape index (κ3) is 3.66. The number of nitrogens with zero attached hydrogens (tertiary/aromatic N) is 1. The van der Waals surface area contributed by atoms with Crippen molar-refractivity contribution in [3.8, 4) is 23.0 Å². The van der Waals surface area contributed by atoms with Crippen molar-refractivity contribution in [3.05, 3.63) is 46.5 Å². The molecular formula is C25H29NO6. The summed E-state index contributed by atoms with van der Waals surface area (Å²) in [6, 6.07) is 7.15. The van der Waals surface area contributed by atoms with Crippen LogP contribution in [0.3, 0.4) is 0 Å². The van der Waals surface area contributed by atoms with Crippen molar-refractivity contribution in [2.24, 2.45) is 0 Å². The van der Waals surface area contributed by atoms with Crippen LogP contribution in [-0.4, -0.2) is 56.6 Å². The summed E-state index contributed by atoms with van der Waals surface area (Å²) in [7, 11) is 4.57. The molecule has 170 valence electrons. The minimum atomic E-state index is -0.561. The first-order valence-corrected chi connectivity index (χ1v) is 10.7. The number of hydrogen-bond acceptors (Lipinski definition) is 6. The molecule has 2 aliphatic heterocycles. The maximum atomic E-state index is 13.2. The molecule has 0 bridgehead atoms. The molecule has 0 saturated carbocycles. The van der Waals surface area contributed by atoms with Gasteiger partial charge in [0.2, 0.25) is 5.75 Å². The van der Waals surface area contributed by atoms with Crippen LogP contribution in [0.25, 0.3) is 0 Å². The topological polar surface area (TPSA) is 74.3 Å². The zero-order valence-electron chi connectivity index (χ0n) is 19.2. The van der Waals surface area contributed by atoms with E-state index in [2.05, 4.69) is 0 Å². The van der Waals surface area contributed by atoms with Gasteiger partial charge in [0.05, 0.1) is 33.3 Å².